The van der Waals surface area contributed by atoms with E-state index in [4.69, 9.17) is 11.0 Å². The normalized spacial score (nSPS) is 30.3. The fraction of sp³-hybridized carbons (Fsp3) is 0.923. The second kappa shape index (κ2) is 5.34. The van der Waals surface area contributed by atoms with Gasteiger partial charge in [-0.25, -0.2) is 0 Å². The number of hydrogen-bond donors (Lipinski definition) is 1. The van der Waals surface area contributed by atoms with Gasteiger partial charge in [0.2, 0.25) is 0 Å². The van der Waals surface area contributed by atoms with E-state index in [0.29, 0.717) is 0 Å². The minimum atomic E-state index is -0.661. The van der Waals surface area contributed by atoms with Gasteiger partial charge in [0.1, 0.15) is 5.54 Å². The third-order valence-electron chi connectivity index (χ3n) is 4.11. The highest BCUT2D eigenvalue weighted by Crippen LogP contribution is 2.21. The highest BCUT2D eigenvalue weighted by Gasteiger charge is 2.30. The van der Waals surface area contributed by atoms with Crippen LogP contribution < -0.4 is 5.73 Å². The summed E-state index contributed by atoms with van der Waals surface area (Å²) in [5.74, 6) is 0. The zero-order valence-corrected chi connectivity index (χ0v) is 10.9. The zero-order chi connectivity index (χ0) is 12.3. The smallest absolute Gasteiger partial charge is 0.102 e. The second-order valence-corrected chi connectivity index (χ2v) is 5.77. The summed E-state index contributed by atoms with van der Waals surface area (Å²) in [6.07, 6.45) is 4.79. The van der Waals surface area contributed by atoms with Gasteiger partial charge in [-0.3, -0.25) is 4.90 Å². The molecule has 2 atom stereocenters. The number of likely N-dealkylation sites (tertiary alicyclic amines) is 2. The van der Waals surface area contributed by atoms with Gasteiger partial charge >= 0.3 is 0 Å². The molecule has 4 heteroatoms. The molecular weight excluding hydrogens is 212 g/mol. The van der Waals surface area contributed by atoms with Crippen LogP contribution in [0.4, 0.5) is 0 Å². The van der Waals surface area contributed by atoms with Crippen LogP contribution in [-0.2, 0) is 0 Å². The number of hydrogen-bond acceptors (Lipinski definition) is 4. The highest BCUT2D eigenvalue weighted by atomic mass is 15.3. The zero-order valence-electron chi connectivity index (χ0n) is 10.9. The molecule has 0 aliphatic carbocycles. The molecule has 0 saturated carbocycles. The van der Waals surface area contributed by atoms with Gasteiger partial charge < -0.3 is 10.6 Å². The standard InChI is InChI=1S/C13H24N4/c1-13(15,11-14)5-9-16-8-4-12(10-16)17-6-2-3-7-17/h12H,2-10,15H2,1H3. The Balaban J connectivity index is 1.73. The summed E-state index contributed by atoms with van der Waals surface area (Å²) in [4.78, 5) is 5.09. The molecule has 96 valence electrons. The number of nitrogens with two attached hydrogens (primary N) is 1. The molecule has 0 bridgehead atoms. The van der Waals surface area contributed by atoms with Crippen molar-refractivity contribution in [3.63, 3.8) is 0 Å². The van der Waals surface area contributed by atoms with Gasteiger partial charge in [-0.15, -0.1) is 0 Å². The van der Waals surface area contributed by atoms with Crippen molar-refractivity contribution in [1.82, 2.24) is 9.80 Å². The minimum absolute atomic E-state index is 0.661. The van der Waals surface area contributed by atoms with Crippen LogP contribution in [0.15, 0.2) is 0 Å². The predicted octanol–water partition coefficient (Wildman–Crippen LogP) is 0.788. The lowest BCUT2D eigenvalue weighted by atomic mass is 10.0. The number of rotatable bonds is 4. The maximum absolute atomic E-state index is 8.89. The SMILES string of the molecule is CC(N)(C#N)CCN1CCC(N2CCCC2)C1. The Morgan fingerprint density at radius 1 is 1.35 bits per heavy atom. The molecule has 0 aromatic rings. The largest absolute Gasteiger partial charge is 0.314 e. The third kappa shape index (κ3) is 3.41. The summed E-state index contributed by atoms with van der Waals surface area (Å²) in [7, 11) is 0. The van der Waals surface area contributed by atoms with Gasteiger partial charge in [0.05, 0.1) is 6.07 Å². The lowest BCUT2D eigenvalue weighted by molar-refractivity contribution is 0.228. The molecule has 4 nitrogen and oxygen atoms in total. The first-order chi connectivity index (χ1) is 8.11. The van der Waals surface area contributed by atoms with Crippen molar-refractivity contribution in [2.75, 3.05) is 32.7 Å². The molecule has 0 aromatic heterocycles. The molecule has 2 saturated heterocycles. The van der Waals surface area contributed by atoms with Crippen LogP contribution in [-0.4, -0.2) is 54.1 Å². The lowest BCUT2D eigenvalue weighted by Gasteiger charge is -2.25. The first-order valence-electron chi connectivity index (χ1n) is 6.77. The maximum Gasteiger partial charge on any atom is 0.102 e. The van der Waals surface area contributed by atoms with Crippen molar-refractivity contribution in [1.29, 1.82) is 5.26 Å². The Hall–Kier alpha value is -0.630. The van der Waals surface area contributed by atoms with E-state index in [1.807, 2.05) is 6.92 Å². The quantitative estimate of drug-likeness (QED) is 0.784. The van der Waals surface area contributed by atoms with E-state index in [2.05, 4.69) is 15.9 Å². The van der Waals surface area contributed by atoms with E-state index >= 15 is 0 Å². The molecule has 0 aromatic carbocycles. The molecule has 17 heavy (non-hydrogen) atoms. The van der Waals surface area contributed by atoms with E-state index in [1.54, 1.807) is 0 Å². The summed E-state index contributed by atoms with van der Waals surface area (Å²) in [6.45, 7) is 7.69. The Bertz CT molecular complexity index is 288. The van der Waals surface area contributed by atoms with Crippen LogP contribution in [0.25, 0.3) is 0 Å². The summed E-state index contributed by atoms with van der Waals surface area (Å²) in [5.41, 5.74) is 5.19. The molecule has 2 rings (SSSR count). The van der Waals surface area contributed by atoms with Gasteiger partial charge in [0.15, 0.2) is 0 Å². The van der Waals surface area contributed by atoms with Gasteiger partial charge in [-0.05, 0) is 52.2 Å². The first-order valence-corrected chi connectivity index (χ1v) is 6.77. The fourth-order valence-corrected chi connectivity index (χ4v) is 2.87. The molecular formula is C13H24N4. The summed E-state index contributed by atoms with van der Waals surface area (Å²) < 4.78 is 0. The van der Waals surface area contributed by atoms with Gasteiger partial charge in [0, 0.05) is 19.1 Å². The summed E-state index contributed by atoms with van der Waals surface area (Å²) in [5, 5.41) is 8.89. The average molecular weight is 236 g/mol. The van der Waals surface area contributed by atoms with Crippen molar-refractivity contribution in [2.24, 2.45) is 5.73 Å². The van der Waals surface area contributed by atoms with Crippen molar-refractivity contribution in [3.8, 4) is 6.07 Å². The third-order valence-corrected chi connectivity index (χ3v) is 4.11. The van der Waals surface area contributed by atoms with E-state index < -0.39 is 5.54 Å². The lowest BCUT2D eigenvalue weighted by Crippen LogP contribution is -2.40. The van der Waals surface area contributed by atoms with Crippen LogP contribution in [0.5, 0.6) is 0 Å². The van der Waals surface area contributed by atoms with E-state index in [-0.39, 0.29) is 0 Å². The number of nitriles is 1. The molecule has 2 fully saturated rings. The van der Waals surface area contributed by atoms with Crippen LogP contribution in [0.1, 0.15) is 32.6 Å². The molecule has 2 heterocycles. The summed E-state index contributed by atoms with van der Waals surface area (Å²) in [6, 6.07) is 2.93. The van der Waals surface area contributed by atoms with Gasteiger partial charge in [-0.1, -0.05) is 0 Å². The van der Waals surface area contributed by atoms with Crippen LogP contribution in [0, 0.1) is 11.3 Å². The van der Waals surface area contributed by atoms with Crippen LogP contribution in [0.2, 0.25) is 0 Å². The molecule has 2 aliphatic rings. The maximum atomic E-state index is 8.89. The van der Waals surface area contributed by atoms with Crippen molar-refractivity contribution in [2.45, 2.75) is 44.2 Å². The van der Waals surface area contributed by atoms with Gasteiger partial charge in [-0.2, -0.15) is 5.26 Å². The Labute approximate surface area is 104 Å². The molecule has 2 unspecified atom stereocenters. The Kier molecular flexibility index (Phi) is 4.03. The first kappa shape index (κ1) is 12.8. The average Bonchev–Trinajstić information content (AvgIpc) is 2.97. The Morgan fingerprint density at radius 3 is 2.71 bits per heavy atom. The predicted molar refractivity (Wildman–Crippen MR) is 68.5 cm³/mol. The van der Waals surface area contributed by atoms with E-state index in [0.717, 1.165) is 19.0 Å². The minimum Gasteiger partial charge on any atom is -0.314 e. The topological polar surface area (TPSA) is 56.3 Å². The summed E-state index contributed by atoms with van der Waals surface area (Å²) >= 11 is 0. The highest BCUT2D eigenvalue weighted by molar-refractivity contribution is 5.01. The van der Waals surface area contributed by atoms with Crippen LogP contribution in [0.3, 0.4) is 0 Å². The van der Waals surface area contributed by atoms with Crippen molar-refractivity contribution in [3.05, 3.63) is 0 Å². The van der Waals surface area contributed by atoms with E-state index in [1.165, 1.54) is 45.4 Å². The Morgan fingerprint density at radius 2 is 2.06 bits per heavy atom. The molecule has 0 amide bonds. The molecule has 0 spiro atoms. The molecule has 2 aliphatic heterocycles. The van der Waals surface area contributed by atoms with Crippen molar-refractivity contribution >= 4 is 0 Å². The van der Waals surface area contributed by atoms with Gasteiger partial charge in [0.25, 0.3) is 0 Å². The van der Waals surface area contributed by atoms with Crippen LogP contribution >= 0.6 is 0 Å². The monoisotopic (exact) mass is 236 g/mol. The second-order valence-electron chi connectivity index (χ2n) is 5.77. The molecule has 2 N–H and O–H groups in total. The van der Waals surface area contributed by atoms with Crippen molar-refractivity contribution < 1.29 is 0 Å². The van der Waals surface area contributed by atoms with E-state index in [9.17, 15) is 0 Å². The number of nitrogens with zero attached hydrogens (tertiary/aromatic N) is 3. The molecule has 0 radical (unpaired) electrons. The fourth-order valence-electron chi connectivity index (χ4n) is 2.87.